The molecule has 0 aliphatic heterocycles. The van der Waals surface area contributed by atoms with Crippen molar-refractivity contribution in [2.24, 2.45) is 5.92 Å². The van der Waals surface area contributed by atoms with Gasteiger partial charge in [-0.3, -0.25) is 0 Å². The molecular weight excluding hydrogens is 206 g/mol. The molecule has 2 unspecified atom stereocenters. The summed E-state index contributed by atoms with van der Waals surface area (Å²) in [5, 5.41) is 12.1. The molecule has 4 heteroatoms. The highest BCUT2D eigenvalue weighted by Gasteiger charge is 2.24. The topological polar surface area (TPSA) is 58.6 Å². The van der Waals surface area contributed by atoms with Crippen LogP contribution in [-0.4, -0.2) is 30.8 Å². The Hall–Kier alpha value is -1.55. The lowest BCUT2D eigenvalue weighted by Gasteiger charge is -2.21. The van der Waals surface area contributed by atoms with E-state index in [-0.39, 0.29) is 5.92 Å². The molecule has 0 aromatic heterocycles. The molecule has 0 aliphatic carbocycles. The number of carboxylic acid groups (broad SMARTS) is 1. The van der Waals surface area contributed by atoms with Crippen LogP contribution in [0.1, 0.15) is 6.92 Å². The van der Waals surface area contributed by atoms with Crippen LogP contribution in [0.5, 0.6) is 0 Å². The molecule has 0 heterocycles. The number of rotatable bonds is 6. The van der Waals surface area contributed by atoms with Gasteiger partial charge in [0.15, 0.2) is 0 Å². The smallest absolute Gasteiger partial charge is 0.326 e. The summed E-state index contributed by atoms with van der Waals surface area (Å²) in [6.07, 6.45) is 0. The average molecular weight is 223 g/mol. The lowest BCUT2D eigenvalue weighted by molar-refractivity contribution is -0.139. The highest BCUT2D eigenvalue weighted by Crippen LogP contribution is 2.13. The van der Waals surface area contributed by atoms with Gasteiger partial charge in [-0.25, -0.2) is 4.79 Å². The summed E-state index contributed by atoms with van der Waals surface area (Å²) in [5.74, 6) is -0.962. The van der Waals surface area contributed by atoms with Gasteiger partial charge in [-0.15, -0.1) is 0 Å². The minimum absolute atomic E-state index is 0.0947. The van der Waals surface area contributed by atoms with Crippen molar-refractivity contribution < 1.29 is 14.6 Å². The van der Waals surface area contributed by atoms with Crippen LogP contribution in [-0.2, 0) is 9.53 Å². The molecule has 0 saturated carbocycles. The molecule has 0 spiro atoms. The van der Waals surface area contributed by atoms with Crippen LogP contribution in [0.4, 0.5) is 5.69 Å². The van der Waals surface area contributed by atoms with Crippen molar-refractivity contribution in [2.45, 2.75) is 13.0 Å². The number of nitrogens with one attached hydrogen (secondary N) is 1. The molecule has 1 rings (SSSR count). The third-order valence-corrected chi connectivity index (χ3v) is 2.36. The van der Waals surface area contributed by atoms with Crippen LogP contribution in [0.25, 0.3) is 0 Å². The van der Waals surface area contributed by atoms with Crippen molar-refractivity contribution in [3.63, 3.8) is 0 Å². The molecule has 0 aliphatic rings. The van der Waals surface area contributed by atoms with E-state index in [9.17, 15) is 4.79 Å². The molecule has 2 atom stereocenters. The molecule has 2 N–H and O–H groups in total. The van der Waals surface area contributed by atoms with Crippen molar-refractivity contribution in [2.75, 3.05) is 19.0 Å². The van der Waals surface area contributed by atoms with Gasteiger partial charge < -0.3 is 15.2 Å². The summed E-state index contributed by atoms with van der Waals surface area (Å²) >= 11 is 0. The van der Waals surface area contributed by atoms with E-state index in [4.69, 9.17) is 9.84 Å². The van der Waals surface area contributed by atoms with E-state index in [2.05, 4.69) is 5.32 Å². The third-order valence-electron chi connectivity index (χ3n) is 2.36. The molecule has 88 valence electrons. The standard InChI is InChI=1S/C12H17NO3/c1-9(8-16-2)11(12(14)15)13-10-6-4-3-5-7-10/h3-7,9,11,13H,8H2,1-2H3,(H,14,15). The summed E-state index contributed by atoms with van der Waals surface area (Å²) in [4.78, 5) is 11.1. The zero-order chi connectivity index (χ0) is 12.0. The Morgan fingerprint density at radius 3 is 2.56 bits per heavy atom. The van der Waals surface area contributed by atoms with E-state index in [1.165, 1.54) is 0 Å². The molecule has 0 radical (unpaired) electrons. The second-order valence-electron chi connectivity index (χ2n) is 3.76. The summed E-state index contributed by atoms with van der Waals surface area (Å²) < 4.78 is 4.97. The van der Waals surface area contributed by atoms with Crippen molar-refractivity contribution >= 4 is 11.7 Å². The Bertz CT molecular complexity index is 326. The fourth-order valence-electron chi connectivity index (χ4n) is 1.52. The number of aliphatic carboxylic acids is 1. The van der Waals surface area contributed by atoms with Crippen LogP contribution in [0.2, 0.25) is 0 Å². The summed E-state index contributed by atoms with van der Waals surface area (Å²) in [6, 6.07) is 8.66. The maximum Gasteiger partial charge on any atom is 0.326 e. The second-order valence-corrected chi connectivity index (χ2v) is 3.76. The van der Waals surface area contributed by atoms with Crippen LogP contribution in [0, 0.1) is 5.92 Å². The average Bonchev–Trinajstić information content (AvgIpc) is 2.27. The number of ether oxygens (including phenoxy) is 1. The molecule has 0 bridgehead atoms. The lowest BCUT2D eigenvalue weighted by atomic mass is 10.0. The van der Waals surface area contributed by atoms with Gasteiger partial charge in [-0.05, 0) is 12.1 Å². The first-order chi connectivity index (χ1) is 7.65. The van der Waals surface area contributed by atoms with E-state index < -0.39 is 12.0 Å². The fraction of sp³-hybridized carbons (Fsp3) is 0.417. The van der Waals surface area contributed by atoms with Gasteiger partial charge in [0.2, 0.25) is 0 Å². The number of hydrogen-bond acceptors (Lipinski definition) is 3. The number of carboxylic acids is 1. The lowest BCUT2D eigenvalue weighted by Crippen LogP contribution is -2.37. The summed E-state index contributed by atoms with van der Waals surface area (Å²) in [5.41, 5.74) is 0.804. The van der Waals surface area contributed by atoms with Gasteiger partial charge in [-0.1, -0.05) is 25.1 Å². The van der Waals surface area contributed by atoms with E-state index >= 15 is 0 Å². The third kappa shape index (κ3) is 3.55. The van der Waals surface area contributed by atoms with Crippen molar-refractivity contribution in [3.05, 3.63) is 30.3 Å². The van der Waals surface area contributed by atoms with Gasteiger partial charge in [0.05, 0.1) is 6.61 Å². The maximum absolute atomic E-state index is 11.1. The first-order valence-electron chi connectivity index (χ1n) is 5.18. The van der Waals surface area contributed by atoms with E-state index in [0.717, 1.165) is 5.69 Å². The largest absolute Gasteiger partial charge is 0.480 e. The number of hydrogen-bond donors (Lipinski definition) is 2. The number of carbonyl (C=O) groups is 1. The molecule has 0 saturated heterocycles. The summed E-state index contributed by atoms with van der Waals surface area (Å²) in [6.45, 7) is 2.26. The van der Waals surface area contributed by atoms with Gasteiger partial charge in [-0.2, -0.15) is 0 Å². The number of para-hydroxylation sites is 1. The molecule has 16 heavy (non-hydrogen) atoms. The Labute approximate surface area is 95.2 Å². The SMILES string of the molecule is COCC(C)C(Nc1ccccc1)C(=O)O. The van der Waals surface area contributed by atoms with E-state index in [1.54, 1.807) is 7.11 Å². The van der Waals surface area contributed by atoms with Crippen molar-refractivity contribution in [1.82, 2.24) is 0 Å². The van der Waals surface area contributed by atoms with Gasteiger partial charge in [0.25, 0.3) is 0 Å². The number of methoxy groups -OCH3 is 1. The van der Waals surface area contributed by atoms with Gasteiger partial charge >= 0.3 is 5.97 Å². The minimum atomic E-state index is -0.867. The van der Waals surface area contributed by atoms with E-state index in [0.29, 0.717) is 6.61 Å². The second kappa shape index (κ2) is 6.12. The Morgan fingerprint density at radius 2 is 2.06 bits per heavy atom. The first-order valence-corrected chi connectivity index (χ1v) is 5.18. The predicted octanol–water partition coefficient (Wildman–Crippen LogP) is 1.83. The number of anilines is 1. The quantitative estimate of drug-likeness (QED) is 0.772. The van der Waals surface area contributed by atoms with Crippen LogP contribution in [0.3, 0.4) is 0 Å². The van der Waals surface area contributed by atoms with Crippen LogP contribution >= 0.6 is 0 Å². The zero-order valence-corrected chi connectivity index (χ0v) is 9.51. The Kier molecular flexibility index (Phi) is 4.79. The van der Waals surface area contributed by atoms with Crippen molar-refractivity contribution in [1.29, 1.82) is 0 Å². The monoisotopic (exact) mass is 223 g/mol. The van der Waals surface area contributed by atoms with E-state index in [1.807, 2.05) is 37.3 Å². The first kappa shape index (κ1) is 12.5. The normalized spacial score (nSPS) is 14.1. The number of benzene rings is 1. The van der Waals surface area contributed by atoms with Crippen molar-refractivity contribution in [3.8, 4) is 0 Å². The summed E-state index contributed by atoms with van der Waals surface area (Å²) in [7, 11) is 1.57. The molecule has 1 aromatic carbocycles. The Balaban J connectivity index is 2.69. The highest BCUT2D eigenvalue weighted by molar-refractivity contribution is 5.77. The molecule has 0 fully saturated rings. The molecular formula is C12H17NO3. The Morgan fingerprint density at radius 1 is 1.44 bits per heavy atom. The maximum atomic E-state index is 11.1. The van der Waals surface area contributed by atoms with Crippen LogP contribution < -0.4 is 5.32 Å². The zero-order valence-electron chi connectivity index (χ0n) is 9.51. The molecule has 1 aromatic rings. The molecule has 4 nitrogen and oxygen atoms in total. The van der Waals surface area contributed by atoms with Gasteiger partial charge in [0, 0.05) is 18.7 Å². The molecule has 0 amide bonds. The predicted molar refractivity (Wildman–Crippen MR) is 62.5 cm³/mol. The van der Waals surface area contributed by atoms with Gasteiger partial charge in [0.1, 0.15) is 6.04 Å². The van der Waals surface area contributed by atoms with Crippen LogP contribution in [0.15, 0.2) is 30.3 Å². The minimum Gasteiger partial charge on any atom is -0.480 e. The fourth-order valence-corrected chi connectivity index (χ4v) is 1.52. The highest BCUT2D eigenvalue weighted by atomic mass is 16.5.